The van der Waals surface area contributed by atoms with Crippen LogP contribution in [0.3, 0.4) is 0 Å². The van der Waals surface area contributed by atoms with Gasteiger partial charge in [0, 0.05) is 23.1 Å². The summed E-state index contributed by atoms with van der Waals surface area (Å²) in [5, 5.41) is 5.33. The first-order chi connectivity index (χ1) is 14.6. The van der Waals surface area contributed by atoms with Gasteiger partial charge in [0.15, 0.2) is 0 Å². The molecule has 7 heteroatoms. The van der Waals surface area contributed by atoms with Gasteiger partial charge in [0.25, 0.3) is 5.56 Å². The molecule has 0 saturated heterocycles. The third-order valence-corrected chi connectivity index (χ3v) is 5.79. The molecule has 0 aliphatic heterocycles. The summed E-state index contributed by atoms with van der Waals surface area (Å²) in [7, 11) is 1.59. The number of fused-ring (bicyclic) bond motifs is 1. The maximum Gasteiger partial charge on any atom is 0.263 e. The molecule has 4 aromatic rings. The Morgan fingerprint density at radius 3 is 2.70 bits per heavy atom. The van der Waals surface area contributed by atoms with E-state index in [2.05, 4.69) is 10.3 Å². The molecule has 152 valence electrons. The van der Waals surface area contributed by atoms with E-state index >= 15 is 0 Å². The molecule has 4 rings (SSSR count). The average molecular weight is 420 g/mol. The summed E-state index contributed by atoms with van der Waals surface area (Å²) < 4.78 is 6.65. The maximum absolute atomic E-state index is 13.1. The second-order valence-corrected chi connectivity index (χ2v) is 7.82. The van der Waals surface area contributed by atoms with Gasteiger partial charge in [-0.15, -0.1) is 11.3 Å². The first-order valence-electron chi connectivity index (χ1n) is 9.49. The zero-order valence-corrected chi connectivity index (χ0v) is 17.5. The van der Waals surface area contributed by atoms with Gasteiger partial charge in [-0.2, -0.15) is 0 Å². The normalized spacial score (nSPS) is 10.9. The first-order valence-corrected chi connectivity index (χ1v) is 10.4. The summed E-state index contributed by atoms with van der Waals surface area (Å²) in [4.78, 5) is 30.6. The molecule has 2 heterocycles. The highest BCUT2D eigenvalue weighted by molar-refractivity contribution is 7.17. The van der Waals surface area contributed by atoms with Crippen molar-refractivity contribution >= 4 is 27.5 Å². The van der Waals surface area contributed by atoms with Crippen molar-refractivity contribution in [2.24, 2.45) is 0 Å². The van der Waals surface area contributed by atoms with Crippen LogP contribution in [0.15, 0.2) is 65.0 Å². The Bertz CT molecular complexity index is 1260. The molecule has 0 unspecified atom stereocenters. The number of ether oxygens (including phenoxy) is 1. The van der Waals surface area contributed by atoms with Gasteiger partial charge >= 0.3 is 0 Å². The third kappa shape index (κ3) is 3.97. The van der Waals surface area contributed by atoms with E-state index in [4.69, 9.17) is 4.74 Å². The number of rotatable bonds is 6. The molecule has 1 amide bonds. The lowest BCUT2D eigenvalue weighted by atomic mass is 10.1. The lowest BCUT2D eigenvalue weighted by Crippen LogP contribution is -2.32. The van der Waals surface area contributed by atoms with Crippen LogP contribution >= 0.6 is 11.3 Å². The molecule has 30 heavy (non-hydrogen) atoms. The largest absolute Gasteiger partial charge is 0.496 e. The van der Waals surface area contributed by atoms with E-state index in [9.17, 15) is 9.59 Å². The number of thiophene rings is 1. The van der Waals surface area contributed by atoms with Crippen LogP contribution in [0.1, 0.15) is 11.1 Å². The number of benzene rings is 2. The Hall–Kier alpha value is -3.45. The number of methoxy groups -OCH3 is 1. The molecule has 2 aromatic carbocycles. The third-order valence-electron chi connectivity index (χ3n) is 4.91. The van der Waals surface area contributed by atoms with Crippen LogP contribution < -0.4 is 15.6 Å². The van der Waals surface area contributed by atoms with Crippen LogP contribution in [0.25, 0.3) is 21.3 Å². The molecule has 0 atom stereocenters. The van der Waals surface area contributed by atoms with Crippen molar-refractivity contribution in [2.75, 3.05) is 7.11 Å². The molecule has 2 aromatic heterocycles. The summed E-state index contributed by atoms with van der Waals surface area (Å²) in [6.45, 7) is 2.24. The fourth-order valence-corrected chi connectivity index (χ4v) is 4.19. The van der Waals surface area contributed by atoms with E-state index in [1.165, 1.54) is 22.2 Å². The molecule has 0 bridgehead atoms. The Morgan fingerprint density at radius 1 is 1.17 bits per heavy atom. The van der Waals surface area contributed by atoms with Crippen LogP contribution in [-0.4, -0.2) is 22.6 Å². The molecule has 0 aliphatic carbocycles. The molecule has 1 N–H and O–H groups in total. The standard InChI is InChI=1S/C23H21N3O3S/c1-15-7-9-16(10-8-15)18-13-30-22-21(18)23(28)26(14-25-22)12-20(27)24-11-17-5-3-4-6-19(17)29-2/h3-10,13-14H,11-12H2,1-2H3,(H,24,27). The number of nitrogens with zero attached hydrogens (tertiary/aromatic N) is 2. The molecule has 0 spiro atoms. The minimum Gasteiger partial charge on any atom is -0.496 e. The summed E-state index contributed by atoms with van der Waals surface area (Å²) in [5.74, 6) is 0.440. The van der Waals surface area contributed by atoms with Crippen LogP contribution in [0.5, 0.6) is 5.75 Å². The quantitative estimate of drug-likeness (QED) is 0.517. The topological polar surface area (TPSA) is 73.2 Å². The van der Waals surface area contributed by atoms with E-state index < -0.39 is 0 Å². The Kier molecular flexibility index (Phi) is 5.63. The number of carbonyl (C=O) groups excluding carboxylic acids is 1. The predicted molar refractivity (Wildman–Crippen MR) is 119 cm³/mol. The number of hydrogen-bond donors (Lipinski definition) is 1. The molecule has 6 nitrogen and oxygen atoms in total. The smallest absolute Gasteiger partial charge is 0.263 e. The van der Waals surface area contributed by atoms with Crippen molar-refractivity contribution in [3.8, 4) is 16.9 Å². The number of para-hydroxylation sites is 1. The highest BCUT2D eigenvalue weighted by Crippen LogP contribution is 2.30. The van der Waals surface area contributed by atoms with Crippen molar-refractivity contribution in [3.05, 3.63) is 81.7 Å². The highest BCUT2D eigenvalue weighted by atomic mass is 32.1. The fourth-order valence-electron chi connectivity index (χ4n) is 3.28. The number of carbonyl (C=O) groups is 1. The minimum absolute atomic E-state index is 0.0971. The Balaban J connectivity index is 1.56. The van der Waals surface area contributed by atoms with E-state index in [1.807, 2.05) is 60.8 Å². The van der Waals surface area contributed by atoms with Gasteiger partial charge in [-0.25, -0.2) is 4.98 Å². The maximum atomic E-state index is 13.1. The Labute approximate surface area is 177 Å². The van der Waals surface area contributed by atoms with E-state index in [-0.39, 0.29) is 18.0 Å². The lowest BCUT2D eigenvalue weighted by Gasteiger charge is -2.10. The number of nitrogens with one attached hydrogen (secondary N) is 1. The first kappa shape index (κ1) is 19.8. The summed E-state index contributed by atoms with van der Waals surface area (Å²) in [6, 6.07) is 15.5. The fraction of sp³-hybridized carbons (Fsp3) is 0.174. The van der Waals surface area contributed by atoms with Crippen molar-refractivity contribution in [2.45, 2.75) is 20.0 Å². The number of aryl methyl sites for hydroxylation is 1. The van der Waals surface area contributed by atoms with Crippen LogP contribution in [0.4, 0.5) is 0 Å². The molecular weight excluding hydrogens is 398 g/mol. The summed E-state index contributed by atoms with van der Waals surface area (Å²) in [5.41, 5.74) is 3.61. The number of amides is 1. The summed E-state index contributed by atoms with van der Waals surface area (Å²) in [6.07, 6.45) is 1.43. The molecule has 0 radical (unpaired) electrons. The second kappa shape index (κ2) is 8.51. The number of aromatic nitrogens is 2. The Morgan fingerprint density at radius 2 is 1.93 bits per heavy atom. The van der Waals surface area contributed by atoms with Gasteiger partial charge in [0.1, 0.15) is 17.1 Å². The molecule has 0 aliphatic rings. The van der Waals surface area contributed by atoms with Crippen LogP contribution in [0, 0.1) is 6.92 Å². The van der Waals surface area contributed by atoms with E-state index in [0.29, 0.717) is 22.5 Å². The molecule has 0 saturated carbocycles. The van der Waals surface area contributed by atoms with Crippen LogP contribution in [-0.2, 0) is 17.9 Å². The van der Waals surface area contributed by atoms with Crippen LogP contribution in [0.2, 0.25) is 0 Å². The zero-order chi connectivity index (χ0) is 21.1. The minimum atomic E-state index is -0.267. The predicted octanol–water partition coefficient (Wildman–Crippen LogP) is 3.76. The van der Waals surface area contributed by atoms with Gasteiger partial charge in [-0.3, -0.25) is 14.2 Å². The van der Waals surface area contributed by atoms with Crippen molar-refractivity contribution in [3.63, 3.8) is 0 Å². The molecule has 0 fully saturated rings. The van der Waals surface area contributed by atoms with Gasteiger partial charge in [-0.1, -0.05) is 48.0 Å². The zero-order valence-electron chi connectivity index (χ0n) is 16.7. The van der Waals surface area contributed by atoms with Crippen molar-refractivity contribution in [1.82, 2.24) is 14.9 Å². The van der Waals surface area contributed by atoms with Gasteiger partial charge in [0.2, 0.25) is 5.91 Å². The van der Waals surface area contributed by atoms with Gasteiger partial charge < -0.3 is 10.1 Å². The van der Waals surface area contributed by atoms with Crippen molar-refractivity contribution < 1.29 is 9.53 Å². The van der Waals surface area contributed by atoms with Crippen molar-refractivity contribution in [1.29, 1.82) is 0 Å². The monoisotopic (exact) mass is 419 g/mol. The lowest BCUT2D eigenvalue weighted by molar-refractivity contribution is -0.121. The van der Waals surface area contributed by atoms with Gasteiger partial charge in [0.05, 0.1) is 18.8 Å². The highest BCUT2D eigenvalue weighted by Gasteiger charge is 2.15. The summed E-state index contributed by atoms with van der Waals surface area (Å²) >= 11 is 1.43. The van der Waals surface area contributed by atoms with E-state index in [1.54, 1.807) is 7.11 Å². The SMILES string of the molecule is COc1ccccc1CNC(=O)Cn1cnc2scc(-c3ccc(C)cc3)c2c1=O. The average Bonchev–Trinajstić information content (AvgIpc) is 3.20. The number of hydrogen-bond acceptors (Lipinski definition) is 5. The van der Waals surface area contributed by atoms with E-state index in [0.717, 1.165) is 22.3 Å². The second-order valence-electron chi connectivity index (χ2n) is 6.96. The van der Waals surface area contributed by atoms with Gasteiger partial charge in [-0.05, 0) is 18.6 Å². The molecular formula is C23H21N3O3S.